The smallest absolute Gasteiger partial charge is 0.748 e. The fourth-order valence-electron chi connectivity index (χ4n) is 5.68. The van der Waals surface area contributed by atoms with Gasteiger partial charge in [0.15, 0.2) is 19.7 Å². The Morgan fingerprint density at radius 2 is 0.797 bits per heavy atom. The molecule has 0 saturated heterocycles. The van der Waals surface area contributed by atoms with Crippen LogP contribution in [-0.4, -0.2) is 122 Å². The summed E-state index contributed by atoms with van der Waals surface area (Å²) in [6.07, 6.45) is 2.09. The molecule has 26 nitrogen and oxygen atoms in total. The maximum absolute atomic E-state index is 12.4. The van der Waals surface area contributed by atoms with Gasteiger partial charge in [-0.25, -0.2) is 60.5 Å². The van der Waals surface area contributed by atoms with Crippen LogP contribution in [0.2, 0.25) is 10.6 Å². The van der Waals surface area contributed by atoms with Gasteiger partial charge in [-0.05, 0) is 107 Å². The number of nitrogens with zero attached hydrogens (tertiary/aromatic N) is 6. The Morgan fingerprint density at radius 3 is 1.09 bits per heavy atom. The van der Waals surface area contributed by atoms with Gasteiger partial charge in [-0.3, -0.25) is 9.97 Å². The van der Waals surface area contributed by atoms with E-state index in [0.717, 1.165) is 60.7 Å². The van der Waals surface area contributed by atoms with E-state index in [4.69, 9.17) is 23.2 Å². The SMILES string of the molecule is O=S(=O)([O-])CCS(=O)(=O)c1ccc(Nc2nc(Cl)[nH]c(=Nc3ccc(/C=C/c4ccc(N=c5nc(Nc6ccc(S(=O)(=O)CCS(=O)(=O)[O-])cc6)nc(Cl)[nH]5)cc4S(=O)(=O)[O-])c(S(=O)(=O)[O-])c3)n2)cc1.[Na+].[Na+].[Na+].[Na+]. The van der Waals surface area contributed by atoms with Crippen molar-refractivity contribution in [1.82, 2.24) is 29.9 Å². The number of halogens is 2. The van der Waals surface area contributed by atoms with E-state index in [0.29, 0.717) is 0 Å². The van der Waals surface area contributed by atoms with Gasteiger partial charge in [0.2, 0.25) is 33.7 Å². The number of aromatic nitrogens is 6. The predicted molar refractivity (Wildman–Crippen MR) is 244 cm³/mol. The second kappa shape index (κ2) is 27.7. The van der Waals surface area contributed by atoms with Crippen molar-refractivity contribution in [3.8, 4) is 0 Å². The topological polar surface area (TPSA) is 429 Å². The van der Waals surface area contributed by atoms with E-state index < -0.39 is 92.9 Å². The van der Waals surface area contributed by atoms with Crippen molar-refractivity contribution in [2.24, 2.45) is 9.98 Å². The zero-order valence-electron chi connectivity index (χ0n) is 38.5. The van der Waals surface area contributed by atoms with E-state index in [9.17, 15) is 68.7 Å². The summed E-state index contributed by atoms with van der Waals surface area (Å²) < 4.78 is 190. The van der Waals surface area contributed by atoms with Crippen LogP contribution in [0, 0.1) is 0 Å². The number of aromatic amines is 2. The van der Waals surface area contributed by atoms with Gasteiger partial charge in [0.1, 0.15) is 20.2 Å². The van der Waals surface area contributed by atoms with E-state index in [2.05, 4.69) is 50.5 Å². The molecule has 0 aliphatic rings. The summed E-state index contributed by atoms with van der Waals surface area (Å²) in [6, 6.07) is 16.1. The van der Waals surface area contributed by atoms with Crippen molar-refractivity contribution in [1.29, 1.82) is 0 Å². The van der Waals surface area contributed by atoms with Crippen molar-refractivity contribution >= 4 is 130 Å². The molecule has 0 aliphatic carbocycles. The Morgan fingerprint density at radius 1 is 0.473 bits per heavy atom. The third-order valence-corrected chi connectivity index (χ3v) is 16.4. The summed E-state index contributed by atoms with van der Waals surface area (Å²) in [5.41, 5.74) is -0.970. The molecule has 2 heterocycles. The molecule has 0 saturated carbocycles. The number of hydrogen-bond donors (Lipinski definition) is 4. The van der Waals surface area contributed by atoms with Gasteiger partial charge in [0.05, 0.1) is 74.2 Å². The van der Waals surface area contributed by atoms with Crippen LogP contribution in [0.1, 0.15) is 11.1 Å². The quantitative estimate of drug-likeness (QED) is 0.0353. The molecule has 4 aromatic carbocycles. The normalized spacial score (nSPS) is 12.7. The summed E-state index contributed by atoms with van der Waals surface area (Å²) in [7, 11) is -28.3. The van der Waals surface area contributed by atoms with Gasteiger partial charge >= 0.3 is 118 Å². The molecule has 0 bridgehead atoms. The van der Waals surface area contributed by atoms with Crippen LogP contribution in [-0.2, 0) is 60.1 Å². The van der Waals surface area contributed by atoms with Crippen LogP contribution >= 0.6 is 23.2 Å². The van der Waals surface area contributed by atoms with Crippen molar-refractivity contribution < 1.29 is 187 Å². The zero-order valence-corrected chi connectivity index (χ0v) is 52.9. The van der Waals surface area contributed by atoms with Crippen LogP contribution in [0.25, 0.3) is 12.2 Å². The summed E-state index contributed by atoms with van der Waals surface area (Å²) in [5.74, 6) is -4.52. The summed E-state index contributed by atoms with van der Waals surface area (Å²) in [4.78, 5) is 27.2. The molecule has 0 radical (unpaired) electrons. The van der Waals surface area contributed by atoms with Gasteiger partial charge in [0.25, 0.3) is 0 Å². The minimum Gasteiger partial charge on any atom is -0.748 e. The number of benzene rings is 4. The van der Waals surface area contributed by atoms with Crippen molar-refractivity contribution in [2.75, 3.05) is 33.6 Å². The monoisotopic (exact) mass is 1210 g/mol. The maximum Gasteiger partial charge on any atom is 1.00 e. The Kier molecular flexibility index (Phi) is 25.5. The molecule has 0 spiro atoms. The molecule has 0 atom stereocenters. The number of rotatable bonds is 18. The van der Waals surface area contributed by atoms with E-state index in [1.165, 1.54) is 36.4 Å². The van der Waals surface area contributed by atoms with Crippen LogP contribution in [0.5, 0.6) is 0 Å². The van der Waals surface area contributed by atoms with Crippen molar-refractivity contribution in [3.63, 3.8) is 0 Å². The standard InChI is InChI=1S/C36H32Cl2N10O16S6.4Na/c37-31-43-33(39-23-7-11-27(12-8-23)65(49,50)15-17-67(53,54)55)47-35(45-31)41-25-5-3-21(29(19-25)69(59,60)61)1-2-22-4-6-26(20-30(22)70(62,63)64)42-36-46-32(38)44-34(48-36)40-24-9-13-28(14-10-24)66(51,52)16-18-68(56,57)58;;;;/h1-14,19-20H,15-18H2,(H,53,54,55)(H,56,57,58)(H,59,60,61)(H,62,63,64)(H2,39,41,43,45,47)(H2,40,42,44,46,48);;;;/q;4*+1/p-4/b2-1+;;;;. The first-order chi connectivity index (χ1) is 32.4. The van der Waals surface area contributed by atoms with Crippen LogP contribution in [0.3, 0.4) is 0 Å². The largest absolute Gasteiger partial charge is 1.00 e. The minimum atomic E-state index is -5.27. The van der Waals surface area contributed by atoms with E-state index in [1.807, 2.05) is 0 Å². The molecule has 0 aliphatic heterocycles. The molecular weight excluding hydrogens is 1180 g/mol. The predicted octanol–water partition coefficient (Wildman–Crippen LogP) is -10.2. The Balaban J connectivity index is 0.00000469. The maximum atomic E-state index is 12.4. The van der Waals surface area contributed by atoms with Crippen LogP contribution in [0.15, 0.2) is 114 Å². The van der Waals surface area contributed by atoms with Crippen LogP contribution < -0.4 is 140 Å². The Labute approximate surface area is 520 Å². The second-order valence-corrected chi connectivity index (χ2v) is 24.6. The molecule has 38 heteroatoms. The Hall–Kier alpha value is -2.04. The third-order valence-electron chi connectivity index (χ3n) is 8.85. The minimum absolute atomic E-state index is 0. The van der Waals surface area contributed by atoms with Crippen molar-refractivity contribution in [3.05, 3.63) is 118 Å². The number of hydrogen-bond acceptors (Lipinski definition) is 24. The number of anilines is 4. The van der Waals surface area contributed by atoms with E-state index in [-0.39, 0.29) is 196 Å². The second-order valence-electron chi connectivity index (χ2n) is 13.9. The fraction of sp³-hybridized carbons (Fsp3) is 0.111. The first kappa shape index (κ1) is 68.1. The van der Waals surface area contributed by atoms with Gasteiger partial charge < -0.3 is 28.8 Å². The molecule has 6 aromatic rings. The third kappa shape index (κ3) is 20.6. The molecule has 6 rings (SSSR count). The number of sulfone groups is 2. The molecule has 372 valence electrons. The first-order valence-electron chi connectivity index (χ1n) is 18.7. The number of nitrogens with one attached hydrogen (secondary N) is 4. The summed E-state index contributed by atoms with van der Waals surface area (Å²) in [5, 5.41) is 4.90. The molecule has 4 N–H and O–H groups in total. The molecule has 0 amide bonds. The van der Waals surface area contributed by atoms with Gasteiger partial charge in [-0.15, -0.1) is 0 Å². The average Bonchev–Trinajstić information content (AvgIpc) is 3.24. The average molecular weight is 1210 g/mol. The van der Waals surface area contributed by atoms with Gasteiger partial charge in [-0.2, -0.15) is 19.9 Å². The molecule has 2 aromatic heterocycles. The van der Waals surface area contributed by atoms with Gasteiger partial charge in [-0.1, -0.05) is 24.3 Å². The van der Waals surface area contributed by atoms with E-state index in [1.54, 1.807) is 0 Å². The van der Waals surface area contributed by atoms with Crippen LogP contribution in [0.4, 0.5) is 34.6 Å². The van der Waals surface area contributed by atoms with Crippen molar-refractivity contribution in [2.45, 2.75) is 19.6 Å². The van der Waals surface area contributed by atoms with E-state index >= 15 is 0 Å². The molecule has 0 unspecified atom stereocenters. The molecule has 74 heavy (non-hydrogen) atoms. The zero-order chi connectivity index (χ0) is 51.5. The fourth-order valence-corrected chi connectivity index (χ4v) is 12.3. The first-order valence-corrected chi connectivity index (χ1v) is 28.8. The molecular formula is C36H28Cl2N10Na4O16S6. The summed E-state index contributed by atoms with van der Waals surface area (Å²) in [6.45, 7) is 0. The number of H-pyrrole nitrogens is 2. The summed E-state index contributed by atoms with van der Waals surface area (Å²) >= 11 is 12.2. The molecule has 0 fully saturated rings. The Bertz CT molecular complexity index is 3660. The van der Waals surface area contributed by atoms with Gasteiger partial charge in [0, 0.05) is 11.4 Å².